The number of rotatable bonds is 2. The Morgan fingerprint density at radius 1 is 1.43 bits per heavy atom. The smallest absolute Gasteiger partial charge is 0.159 e. The minimum absolute atomic E-state index is 0.585. The molecule has 0 unspecified atom stereocenters. The molecule has 0 atom stereocenters. The van der Waals surface area contributed by atoms with Crippen molar-refractivity contribution in [2.45, 2.75) is 0 Å². The van der Waals surface area contributed by atoms with Gasteiger partial charge in [-0.25, -0.2) is 4.98 Å². The summed E-state index contributed by atoms with van der Waals surface area (Å²) in [6.07, 6.45) is 1.44. The Balaban J connectivity index is 2.58. The highest BCUT2D eigenvalue weighted by Crippen LogP contribution is 2.32. The summed E-state index contributed by atoms with van der Waals surface area (Å²) in [5.74, 6) is 1.26. The summed E-state index contributed by atoms with van der Waals surface area (Å²) < 4.78 is 5.19. The van der Waals surface area contributed by atoms with Crippen LogP contribution in [0.5, 0.6) is 5.75 Å². The van der Waals surface area contributed by atoms with E-state index in [1.807, 2.05) is 12.1 Å². The van der Waals surface area contributed by atoms with E-state index in [1.165, 1.54) is 6.33 Å². The highest BCUT2D eigenvalue weighted by molar-refractivity contribution is 5.72. The highest BCUT2D eigenvalue weighted by atomic mass is 16.5. The quantitative estimate of drug-likeness (QED) is 0.694. The second-order valence-corrected chi connectivity index (χ2v) is 2.76. The van der Waals surface area contributed by atoms with Crippen LogP contribution >= 0.6 is 0 Å². The van der Waals surface area contributed by atoms with Crippen LogP contribution in [-0.2, 0) is 0 Å². The monoisotopic (exact) mass is 190 g/mol. The summed E-state index contributed by atoms with van der Waals surface area (Å²) in [6, 6.07) is 5.49. The molecule has 3 N–H and O–H groups in total. The summed E-state index contributed by atoms with van der Waals surface area (Å²) in [5.41, 5.74) is 7.15. The maximum absolute atomic E-state index is 5.75. The van der Waals surface area contributed by atoms with E-state index >= 15 is 0 Å². The lowest BCUT2D eigenvalue weighted by Crippen LogP contribution is -1.95. The Hall–Kier alpha value is -2.04. The van der Waals surface area contributed by atoms with Crippen molar-refractivity contribution in [2.75, 3.05) is 12.8 Å². The molecule has 0 saturated carbocycles. The van der Waals surface area contributed by atoms with E-state index in [-0.39, 0.29) is 0 Å². The largest absolute Gasteiger partial charge is 0.494 e. The number of benzene rings is 1. The number of para-hydroxylation sites is 1. The molecule has 5 nitrogen and oxygen atoms in total. The van der Waals surface area contributed by atoms with Gasteiger partial charge in [0.05, 0.1) is 18.4 Å². The van der Waals surface area contributed by atoms with Crippen LogP contribution in [-0.4, -0.2) is 22.3 Å². The summed E-state index contributed by atoms with van der Waals surface area (Å²) >= 11 is 0. The Morgan fingerprint density at radius 2 is 2.29 bits per heavy atom. The molecule has 0 fully saturated rings. The summed E-state index contributed by atoms with van der Waals surface area (Å²) in [5, 5.41) is 6.53. The lowest BCUT2D eigenvalue weighted by atomic mass is 10.1. The number of hydrogen-bond donors (Lipinski definition) is 2. The molecule has 0 radical (unpaired) electrons. The van der Waals surface area contributed by atoms with Crippen LogP contribution in [0.1, 0.15) is 0 Å². The number of anilines is 1. The molecule has 72 valence electrons. The average molecular weight is 190 g/mol. The van der Waals surface area contributed by atoms with Crippen LogP contribution in [0.25, 0.3) is 11.4 Å². The average Bonchev–Trinajstić information content (AvgIpc) is 2.70. The minimum Gasteiger partial charge on any atom is -0.494 e. The van der Waals surface area contributed by atoms with Crippen LogP contribution in [0, 0.1) is 0 Å². The molecular formula is C9H10N4O. The number of nitrogen functional groups attached to an aromatic ring is 1. The third-order valence-electron chi connectivity index (χ3n) is 1.92. The van der Waals surface area contributed by atoms with Crippen molar-refractivity contribution in [1.29, 1.82) is 0 Å². The predicted molar refractivity (Wildman–Crippen MR) is 52.8 cm³/mol. The molecule has 0 aliphatic heterocycles. The van der Waals surface area contributed by atoms with Gasteiger partial charge in [-0.2, -0.15) is 5.10 Å². The predicted octanol–water partition coefficient (Wildman–Crippen LogP) is 1.06. The fourth-order valence-electron chi connectivity index (χ4n) is 1.30. The van der Waals surface area contributed by atoms with Gasteiger partial charge in [0, 0.05) is 0 Å². The number of aromatic nitrogens is 3. The van der Waals surface area contributed by atoms with Crippen molar-refractivity contribution >= 4 is 5.69 Å². The zero-order chi connectivity index (χ0) is 9.97. The van der Waals surface area contributed by atoms with Gasteiger partial charge in [-0.3, -0.25) is 5.10 Å². The van der Waals surface area contributed by atoms with E-state index in [2.05, 4.69) is 15.2 Å². The molecule has 0 amide bonds. The fourth-order valence-corrected chi connectivity index (χ4v) is 1.30. The molecule has 1 aromatic carbocycles. The first kappa shape index (κ1) is 8.55. The zero-order valence-electron chi connectivity index (χ0n) is 7.69. The van der Waals surface area contributed by atoms with Gasteiger partial charge in [-0.15, -0.1) is 0 Å². The van der Waals surface area contributed by atoms with Crippen molar-refractivity contribution in [3.63, 3.8) is 0 Å². The molecule has 0 saturated heterocycles. The maximum Gasteiger partial charge on any atom is 0.159 e. The van der Waals surface area contributed by atoms with Gasteiger partial charge < -0.3 is 10.5 Å². The number of ether oxygens (including phenoxy) is 1. The Morgan fingerprint density at radius 3 is 2.93 bits per heavy atom. The fraction of sp³-hybridized carbons (Fsp3) is 0.111. The highest BCUT2D eigenvalue weighted by Gasteiger charge is 2.10. The first-order valence-electron chi connectivity index (χ1n) is 4.11. The van der Waals surface area contributed by atoms with Gasteiger partial charge in [0.25, 0.3) is 0 Å². The van der Waals surface area contributed by atoms with Crippen molar-refractivity contribution in [3.05, 3.63) is 24.5 Å². The van der Waals surface area contributed by atoms with Crippen LogP contribution in [0.15, 0.2) is 24.5 Å². The number of nitrogens with zero attached hydrogens (tertiary/aromatic N) is 2. The summed E-state index contributed by atoms with van der Waals surface area (Å²) in [6.45, 7) is 0. The van der Waals surface area contributed by atoms with Gasteiger partial charge in [0.2, 0.25) is 0 Å². The normalized spacial score (nSPS) is 10.1. The first-order valence-corrected chi connectivity index (χ1v) is 4.11. The number of nitrogens with one attached hydrogen (secondary N) is 1. The zero-order valence-corrected chi connectivity index (χ0v) is 7.69. The Labute approximate surface area is 80.9 Å². The lowest BCUT2D eigenvalue weighted by Gasteiger charge is -2.07. The minimum atomic E-state index is 0.585. The topological polar surface area (TPSA) is 76.8 Å². The third-order valence-corrected chi connectivity index (χ3v) is 1.92. The number of hydrogen-bond acceptors (Lipinski definition) is 4. The van der Waals surface area contributed by atoms with Gasteiger partial charge in [-0.05, 0) is 12.1 Å². The lowest BCUT2D eigenvalue weighted by molar-refractivity contribution is 0.418. The third kappa shape index (κ3) is 1.28. The molecule has 5 heteroatoms. The summed E-state index contributed by atoms with van der Waals surface area (Å²) in [4.78, 5) is 4.03. The number of aromatic amines is 1. The molecule has 0 bridgehead atoms. The number of nitrogens with two attached hydrogens (primary N) is 1. The van der Waals surface area contributed by atoms with Crippen molar-refractivity contribution in [2.24, 2.45) is 0 Å². The molecule has 2 rings (SSSR count). The van der Waals surface area contributed by atoms with Crippen LogP contribution in [0.2, 0.25) is 0 Å². The number of H-pyrrole nitrogens is 1. The van der Waals surface area contributed by atoms with Crippen molar-refractivity contribution in [3.8, 4) is 17.1 Å². The standard InChI is InChI=1S/C9H10N4O/c1-14-8-6(3-2-4-7(8)10)9-11-5-12-13-9/h2-5H,10H2,1H3,(H,11,12,13). The second-order valence-electron chi connectivity index (χ2n) is 2.76. The van der Waals surface area contributed by atoms with E-state index in [9.17, 15) is 0 Å². The van der Waals surface area contributed by atoms with E-state index in [4.69, 9.17) is 10.5 Å². The number of methoxy groups -OCH3 is 1. The SMILES string of the molecule is COc1c(N)cccc1-c1ncn[nH]1. The molecular weight excluding hydrogens is 180 g/mol. The van der Waals surface area contributed by atoms with Crippen molar-refractivity contribution < 1.29 is 4.74 Å². The molecule has 1 aromatic heterocycles. The molecule has 2 aromatic rings. The Kier molecular flexibility index (Phi) is 2.06. The van der Waals surface area contributed by atoms with Gasteiger partial charge in [0.15, 0.2) is 11.6 Å². The van der Waals surface area contributed by atoms with E-state index in [1.54, 1.807) is 13.2 Å². The molecule has 0 aliphatic rings. The second kappa shape index (κ2) is 3.37. The van der Waals surface area contributed by atoms with Crippen molar-refractivity contribution in [1.82, 2.24) is 15.2 Å². The molecule has 14 heavy (non-hydrogen) atoms. The van der Waals surface area contributed by atoms with Gasteiger partial charge in [-0.1, -0.05) is 6.07 Å². The first-order chi connectivity index (χ1) is 6.83. The molecule has 0 spiro atoms. The van der Waals surface area contributed by atoms with E-state index < -0.39 is 0 Å². The van der Waals surface area contributed by atoms with E-state index in [0.717, 1.165) is 5.56 Å². The van der Waals surface area contributed by atoms with Crippen LogP contribution in [0.3, 0.4) is 0 Å². The summed E-state index contributed by atoms with van der Waals surface area (Å²) in [7, 11) is 1.57. The van der Waals surface area contributed by atoms with Gasteiger partial charge >= 0.3 is 0 Å². The van der Waals surface area contributed by atoms with Crippen LogP contribution < -0.4 is 10.5 Å². The molecule has 0 aliphatic carbocycles. The van der Waals surface area contributed by atoms with Gasteiger partial charge in [0.1, 0.15) is 6.33 Å². The maximum atomic E-state index is 5.75. The Bertz CT molecular complexity index is 424. The molecule has 1 heterocycles. The van der Waals surface area contributed by atoms with E-state index in [0.29, 0.717) is 17.3 Å². The van der Waals surface area contributed by atoms with Crippen LogP contribution in [0.4, 0.5) is 5.69 Å².